The summed E-state index contributed by atoms with van der Waals surface area (Å²) in [5, 5.41) is 10.6. The fourth-order valence-corrected chi connectivity index (χ4v) is 1.06. The number of aryl methyl sites for hydroxylation is 1. The van der Waals surface area contributed by atoms with Gasteiger partial charge in [-0.1, -0.05) is 6.92 Å². The fraction of sp³-hybridized carbons (Fsp3) is 0.222. The second-order valence-corrected chi connectivity index (χ2v) is 2.88. The first-order chi connectivity index (χ1) is 7.04. The topological polar surface area (TPSA) is 105 Å². The van der Waals surface area contributed by atoms with Gasteiger partial charge in [-0.3, -0.25) is 4.79 Å². The van der Waals surface area contributed by atoms with E-state index < -0.39 is 11.9 Å². The number of nitrogens with two attached hydrogens (primary N) is 1. The van der Waals surface area contributed by atoms with Crippen molar-refractivity contribution in [1.82, 2.24) is 4.98 Å². The highest BCUT2D eigenvalue weighted by Gasteiger charge is 2.11. The standard InChI is InChI=1S/C9H11N3O3/c1-2-5-3-6(4-11-7(5)10)12-8(13)9(14)15/h3-4H,2H2,1H3,(H2,10,11)(H,12,13)(H,14,15). The molecule has 0 unspecified atom stereocenters. The number of rotatable bonds is 2. The molecule has 0 bridgehead atoms. The van der Waals surface area contributed by atoms with Crippen molar-refractivity contribution >= 4 is 23.4 Å². The van der Waals surface area contributed by atoms with E-state index in [0.717, 1.165) is 5.56 Å². The summed E-state index contributed by atoms with van der Waals surface area (Å²) in [4.78, 5) is 24.9. The molecule has 0 aromatic carbocycles. The molecule has 1 amide bonds. The van der Waals surface area contributed by atoms with Crippen LogP contribution in [0.3, 0.4) is 0 Å². The second-order valence-electron chi connectivity index (χ2n) is 2.88. The Morgan fingerprint density at radius 1 is 1.60 bits per heavy atom. The summed E-state index contributed by atoms with van der Waals surface area (Å²) in [5.41, 5.74) is 6.64. The number of amides is 1. The molecule has 0 saturated heterocycles. The molecule has 1 rings (SSSR count). The Labute approximate surface area is 86.1 Å². The molecule has 0 fully saturated rings. The number of anilines is 2. The van der Waals surface area contributed by atoms with Crippen LogP contribution in [0.25, 0.3) is 0 Å². The van der Waals surface area contributed by atoms with Crippen molar-refractivity contribution in [2.24, 2.45) is 0 Å². The number of aliphatic carboxylic acids is 1. The summed E-state index contributed by atoms with van der Waals surface area (Å²) < 4.78 is 0. The molecule has 6 nitrogen and oxygen atoms in total. The van der Waals surface area contributed by atoms with Crippen LogP contribution in [0.5, 0.6) is 0 Å². The van der Waals surface area contributed by atoms with Gasteiger partial charge in [-0.05, 0) is 18.1 Å². The molecule has 6 heteroatoms. The van der Waals surface area contributed by atoms with Crippen molar-refractivity contribution in [2.45, 2.75) is 13.3 Å². The van der Waals surface area contributed by atoms with Crippen molar-refractivity contribution in [3.8, 4) is 0 Å². The summed E-state index contributed by atoms with van der Waals surface area (Å²) in [7, 11) is 0. The third-order valence-electron chi connectivity index (χ3n) is 1.83. The zero-order valence-electron chi connectivity index (χ0n) is 8.15. The van der Waals surface area contributed by atoms with Crippen molar-refractivity contribution in [3.05, 3.63) is 17.8 Å². The van der Waals surface area contributed by atoms with E-state index in [1.807, 2.05) is 6.92 Å². The monoisotopic (exact) mass is 209 g/mol. The van der Waals surface area contributed by atoms with E-state index in [1.165, 1.54) is 6.20 Å². The molecule has 0 atom stereocenters. The predicted octanol–water partition coefficient (Wildman–Crippen LogP) is 0.249. The smallest absolute Gasteiger partial charge is 0.394 e. The molecule has 0 aliphatic carbocycles. The van der Waals surface area contributed by atoms with Crippen LogP contribution < -0.4 is 11.1 Å². The summed E-state index contributed by atoms with van der Waals surface area (Å²) in [6, 6.07) is 1.60. The molecular weight excluding hydrogens is 198 g/mol. The molecule has 0 spiro atoms. The van der Waals surface area contributed by atoms with Gasteiger partial charge in [0, 0.05) is 0 Å². The van der Waals surface area contributed by atoms with E-state index in [2.05, 4.69) is 10.3 Å². The molecule has 1 aromatic rings. The molecule has 0 radical (unpaired) electrons. The lowest BCUT2D eigenvalue weighted by molar-refractivity contribution is -0.147. The highest BCUT2D eigenvalue weighted by molar-refractivity contribution is 6.36. The van der Waals surface area contributed by atoms with E-state index in [0.29, 0.717) is 17.9 Å². The van der Waals surface area contributed by atoms with Gasteiger partial charge in [0.25, 0.3) is 0 Å². The maximum atomic E-state index is 10.8. The van der Waals surface area contributed by atoms with Gasteiger partial charge in [0.15, 0.2) is 0 Å². The molecule has 0 saturated carbocycles. The van der Waals surface area contributed by atoms with Crippen LogP contribution in [0.1, 0.15) is 12.5 Å². The zero-order valence-corrected chi connectivity index (χ0v) is 8.15. The minimum absolute atomic E-state index is 0.327. The minimum atomic E-state index is -1.54. The number of hydrogen-bond acceptors (Lipinski definition) is 4. The number of nitrogens with zero attached hydrogens (tertiary/aromatic N) is 1. The number of carbonyl (C=O) groups excluding carboxylic acids is 1. The molecular formula is C9H11N3O3. The van der Waals surface area contributed by atoms with Gasteiger partial charge in [0.05, 0.1) is 11.9 Å². The van der Waals surface area contributed by atoms with Crippen LogP contribution in [0.4, 0.5) is 11.5 Å². The number of carbonyl (C=O) groups is 2. The van der Waals surface area contributed by atoms with Crippen LogP contribution in [0.15, 0.2) is 12.3 Å². The average molecular weight is 209 g/mol. The zero-order chi connectivity index (χ0) is 11.4. The average Bonchev–Trinajstić information content (AvgIpc) is 2.20. The van der Waals surface area contributed by atoms with Gasteiger partial charge in [-0.25, -0.2) is 9.78 Å². The number of aromatic nitrogens is 1. The first-order valence-electron chi connectivity index (χ1n) is 4.33. The Balaban J connectivity index is 2.87. The third-order valence-corrected chi connectivity index (χ3v) is 1.83. The Morgan fingerprint density at radius 2 is 2.27 bits per heavy atom. The van der Waals surface area contributed by atoms with Gasteiger partial charge >= 0.3 is 11.9 Å². The lowest BCUT2D eigenvalue weighted by Crippen LogP contribution is -2.22. The van der Waals surface area contributed by atoms with Crippen molar-refractivity contribution in [2.75, 3.05) is 11.1 Å². The fourth-order valence-electron chi connectivity index (χ4n) is 1.06. The Bertz CT molecular complexity index is 404. The van der Waals surface area contributed by atoms with E-state index >= 15 is 0 Å². The lowest BCUT2D eigenvalue weighted by Gasteiger charge is -2.05. The second kappa shape index (κ2) is 4.41. The van der Waals surface area contributed by atoms with Gasteiger partial charge in [-0.15, -0.1) is 0 Å². The normalized spacial score (nSPS) is 9.67. The van der Waals surface area contributed by atoms with Crippen LogP contribution in [-0.2, 0) is 16.0 Å². The number of carboxylic acids is 1. The van der Waals surface area contributed by atoms with E-state index in [-0.39, 0.29) is 0 Å². The first-order valence-corrected chi connectivity index (χ1v) is 4.33. The van der Waals surface area contributed by atoms with Gasteiger partial charge in [-0.2, -0.15) is 0 Å². The van der Waals surface area contributed by atoms with Gasteiger partial charge in [0.1, 0.15) is 5.82 Å². The van der Waals surface area contributed by atoms with Gasteiger partial charge < -0.3 is 16.2 Å². The number of nitrogen functional groups attached to an aromatic ring is 1. The van der Waals surface area contributed by atoms with Crippen molar-refractivity contribution in [1.29, 1.82) is 0 Å². The molecule has 1 aromatic heterocycles. The Hall–Kier alpha value is -2.11. The Morgan fingerprint density at radius 3 is 2.80 bits per heavy atom. The highest BCUT2D eigenvalue weighted by atomic mass is 16.4. The molecule has 0 aliphatic heterocycles. The summed E-state index contributed by atoms with van der Waals surface area (Å²) in [5.74, 6) is -2.25. The van der Waals surface area contributed by atoms with E-state index in [9.17, 15) is 9.59 Å². The van der Waals surface area contributed by atoms with Crippen molar-refractivity contribution in [3.63, 3.8) is 0 Å². The number of carboxylic acid groups (broad SMARTS) is 1. The van der Waals surface area contributed by atoms with Crippen LogP contribution >= 0.6 is 0 Å². The minimum Gasteiger partial charge on any atom is -0.474 e. The number of nitrogens with one attached hydrogen (secondary N) is 1. The molecule has 80 valence electrons. The summed E-state index contributed by atoms with van der Waals surface area (Å²) in [6.45, 7) is 1.89. The SMILES string of the molecule is CCc1cc(NC(=O)C(=O)O)cnc1N. The maximum absolute atomic E-state index is 10.8. The van der Waals surface area contributed by atoms with Crippen molar-refractivity contribution < 1.29 is 14.7 Å². The number of pyridine rings is 1. The third kappa shape index (κ3) is 2.67. The van der Waals surface area contributed by atoms with Crippen LogP contribution in [0.2, 0.25) is 0 Å². The molecule has 15 heavy (non-hydrogen) atoms. The molecule has 1 heterocycles. The van der Waals surface area contributed by atoms with Crippen LogP contribution in [0, 0.1) is 0 Å². The predicted molar refractivity (Wildman–Crippen MR) is 54.3 cm³/mol. The van der Waals surface area contributed by atoms with E-state index in [1.54, 1.807) is 6.07 Å². The largest absolute Gasteiger partial charge is 0.474 e. The number of hydrogen-bond donors (Lipinski definition) is 3. The Kier molecular flexibility index (Phi) is 3.22. The molecule has 4 N–H and O–H groups in total. The quantitative estimate of drug-likeness (QED) is 0.605. The van der Waals surface area contributed by atoms with Gasteiger partial charge in [0.2, 0.25) is 0 Å². The first kappa shape index (κ1) is 11.0. The maximum Gasteiger partial charge on any atom is 0.394 e. The lowest BCUT2D eigenvalue weighted by atomic mass is 10.2. The van der Waals surface area contributed by atoms with Crippen LogP contribution in [-0.4, -0.2) is 22.0 Å². The summed E-state index contributed by atoms with van der Waals surface area (Å²) in [6.07, 6.45) is 1.98. The summed E-state index contributed by atoms with van der Waals surface area (Å²) >= 11 is 0. The van der Waals surface area contributed by atoms with E-state index in [4.69, 9.17) is 10.8 Å². The molecule has 0 aliphatic rings. The highest BCUT2D eigenvalue weighted by Crippen LogP contribution is 2.14.